The summed E-state index contributed by atoms with van der Waals surface area (Å²) in [6, 6.07) is 9.35. The zero-order valence-electron chi connectivity index (χ0n) is 17.8. The number of imidazole rings is 1. The summed E-state index contributed by atoms with van der Waals surface area (Å²) >= 11 is 0. The van der Waals surface area contributed by atoms with Gasteiger partial charge in [-0.15, -0.1) is 0 Å². The third-order valence-electron chi connectivity index (χ3n) is 4.77. The summed E-state index contributed by atoms with van der Waals surface area (Å²) in [5, 5.41) is 6.01. The molecule has 0 aromatic carbocycles. The molecule has 5 heterocycles. The Morgan fingerprint density at radius 3 is 2.78 bits per heavy atom. The van der Waals surface area contributed by atoms with E-state index in [0.717, 1.165) is 33.8 Å². The zero-order chi connectivity index (χ0) is 22.3. The van der Waals surface area contributed by atoms with Crippen molar-refractivity contribution in [3.63, 3.8) is 0 Å². The maximum atomic E-state index is 12.1. The molecule has 0 saturated heterocycles. The highest BCUT2D eigenvalue weighted by Crippen LogP contribution is 2.42. The van der Waals surface area contributed by atoms with E-state index in [1.165, 1.54) is 0 Å². The number of nitrogens with one attached hydrogen (secondary N) is 3. The molecule has 0 atom stereocenters. The smallest absolute Gasteiger partial charge is 0.413 e. The second-order valence-electron chi connectivity index (χ2n) is 8.31. The fourth-order valence-electron chi connectivity index (χ4n) is 3.49. The molecule has 3 N–H and O–H groups in total. The number of rotatable bonds is 2. The SMILES string of the molecule is CC(C)(C)OC(=O)Nc1cc(-c2nc3c([nH]2)-c2ccncc2Nc2ncccc2-3)ccn1. The standard InChI is InChI=1S/C23H21N7O2/c1-23(2,3)32-22(31)28-17-11-13(6-10-25-17)20-29-18-14-7-9-24-12-16(14)27-21-15(19(18)30-20)5-4-8-26-21/h4-12H,1-3H3,(H,26,27)(H,29,30)(H,25,28,31). The summed E-state index contributed by atoms with van der Waals surface area (Å²) < 4.78 is 5.31. The van der Waals surface area contributed by atoms with Crippen molar-refractivity contribution in [1.29, 1.82) is 0 Å². The van der Waals surface area contributed by atoms with E-state index in [-0.39, 0.29) is 0 Å². The van der Waals surface area contributed by atoms with E-state index in [1.54, 1.807) is 51.6 Å². The van der Waals surface area contributed by atoms with E-state index in [9.17, 15) is 4.79 Å². The minimum atomic E-state index is -0.599. The van der Waals surface area contributed by atoms with Gasteiger partial charge in [-0.1, -0.05) is 0 Å². The molecule has 0 unspecified atom stereocenters. The van der Waals surface area contributed by atoms with Crippen molar-refractivity contribution < 1.29 is 9.53 Å². The van der Waals surface area contributed by atoms with Gasteiger partial charge in [-0.2, -0.15) is 0 Å². The fourth-order valence-corrected chi connectivity index (χ4v) is 3.49. The molecule has 9 nitrogen and oxygen atoms in total. The van der Waals surface area contributed by atoms with Crippen LogP contribution in [0.4, 0.5) is 22.1 Å². The van der Waals surface area contributed by atoms with Gasteiger partial charge in [0.2, 0.25) is 0 Å². The molecule has 1 amide bonds. The monoisotopic (exact) mass is 427 g/mol. The van der Waals surface area contributed by atoms with Crippen LogP contribution in [0, 0.1) is 0 Å². The number of carbonyl (C=O) groups is 1. The molecule has 0 aliphatic carbocycles. The largest absolute Gasteiger partial charge is 0.444 e. The van der Waals surface area contributed by atoms with Crippen LogP contribution in [-0.2, 0) is 4.74 Å². The van der Waals surface area contributed by atoms with Gasteiger partial charge in [0, 0.05) is 35.3 Å². The molecular formula is C23H21N7O2. The Kier molecular flexibility index (Phi) is 4.58. The van der Waals surface area contributed by atoms with E-state index < -0.39 is 11.7 Å². The van der Waals surface area contributed by atoms with Crippen LogP contribution in [0.5, 0.6) is 0 Å². The minimum Gasteiger partial charge on any atom is -0.444 e. The summed E-state index contributed by atoms with van der Waals surface area (Å²) in [7, 11) is 0. The molecule has 1 aliphatic heterocycles. The van der Waals surface area contributed by atoms with Gasteiger partial charge in [-0.05, 0) is 51.1 Å². The van der Waals surface area contributed by atoms with Gasteiger partial charge < -0.3 is 15.0 Å². The highest BCUT2D eigenvalue weighted by Gasteiger charge is 2.24. The van der Waals surface area contributed by atoms with Gasteiger partial charge in [0.1, 0.15) is 28.8 Å². The predicted octanol–water partition coefficient (Wildman–Crippen LogP) is 5.00. The number of aromatic amines is 1. The molecular weight excluding hydrogens is 406 g/mol. The summed E-state index contributed by atoms with van der Waals surface area (Å²) in [5.41, 5.74) is 4.46. The Bertz CT molecular complexity index is 1260. The van der Waals surface area contributed by atoms with Crippen molar-refractivity contribution in [3.05, 3.63) is 55.1 Å². The van der Waals surface area contributed by atoms with Crippen LogP contribution in [0.15, 0.2) is 55.1 Å². The molecule has 32 heavy (non-hydrogen) atoms. The third kappa shape index (κ3) is 3.76. The first kappa shape index (κ1) is 19.7. The number of anilines is 3. The topological polar surface area (TPSA) is 118 Å². The Labute approximate surface area is 184 Å². The average molecular weight is 427 g/mol. The molecule has 0 fully saturated rings. The second kappa shape index (κ2) is 7.45. The van der Waals surface area contributed by atoms with E-state index >= 15 is 0 Å². The zero-order valence-corrected chi connectivity index (χ0v) is 17.8. The number of H-pyrrole nitrogens is 1. The number of carbonyl (C=O) groups excluding carboxylic acids is 1. The van der Waals surface area contributed by atoms with Gasteiger partial charge in [-0.3, -0.25) is 10.3 Å². The number of fused-ring (bicyclic) bond motifs is 5. The lowest BCUT2D eigenvalue weighted by Crippen LogP contribution is -2.27. The highest BCUT2D eigenvalue weighted by molar-refractivity contribution is 5.95. The maximum Gasteiger partial charge on any atom is 0.413 e. The van der Waals surface area contributed by atoms with E-state index in [1.807, 2.05) is 24.3 Å². The van der Waals surface area contributed by atoms with E-state index in [4.69, 9.17) is 9.72 Å². The first-order valence-electron chi connectivity index (χ1n) is 10.1. The highest BCUT2D eigenvalue weighted by atomic mass is 16.6. The lowest BCUT2D eigenvalue weighted by atomic mass is 10.1. The first-order valence-corrected chi connectivity index (χ1v) is 10.1. The Hall–Kier alpha value is -4.27. The molecule has 160 valence electrons. The van der Waals surface area contributed by atoms with Crippen molar-refractivity contribution in [1.82, 2.24) is 24.9 Å². The lowest BCUT2D eigenvalue weighted by Gasteiger charge is -2.19. The van der Waals surface area contributed by atoms with Crippen LogP contribution in [0.2, 0.25) is 0 Å². The van der Waals surface area contributed by atoms with Crippen molar-refractivity contribution in [2.24, 2.45) is 0 Å². The molecule has 9 heteroatoms. The van der Waals surface area contributed by atoms with Crippen LogP contribution in [0.3, 0.4) is 0 Å². The maximum absolute atomic E-state index is 12.1. The molecule has 0 radical (unpaired) electrons. The summed E-state index contributed by atoms with van der Waals surface area (Å²) in [4.78, 5) is 33.4. The van der Waals surface area contributed by atoms with Crippen LogP contribution in [0.25, 0.3) is 33.9 Å². The molecule has 1 aliphatic rings. The molecule has 0 bridgehead atoms. The van der Waals surface area contributed by atoms with Gasteiger partial charge in [-0.25, -0.2) is 19.7 Å². The fraction of sp³-hybridized carbons (Fsp3) is 0.174. The third-order valence-corrected chi connectivity index (χ3v) is 4.77. The Morgan fingerprint density at radius 2 is 1.94 bits per heavy atom. The Morgan fingerprint density at radius 1 is 1.06 bits per heavy atom. The number of nitrogens with zero attached hydrogens (tertiary/aromatic N) is 4. The van der Waals surface area contributed by atoms with Crippen LogP contribution in [0.1, 0.15) is 20.8 Å². The van der Waals surface area contributed by atoms with Gasteiger partial charge in [0.15, 0.2) is 0 Å². The second-order valence-corrected chi connectivity index (χ2v) is 8.31. The van der Waals surface area contributed by atoms with Crippen molar-refractivity contribution >= 4 is 23.4 Å². The van der Waals surface area contributed by atoms with E-state index in [0.29, 0.717) is 17.5 Å². The van der Waals surface area contributed by atoms with Crippen molar-refractivity contribution in [3.8, 4) is 33.9 Å². The predicted molar refractivity (Wildman–Crippen MR) is 121 cm³/mol. The van der Waals surface area contributed by atoms with Gasteiger partial charge in [0.25, 0.3) is 0 Å². The number of aromatic nitrogens is 5. The van der Waals surface area contributed by atoms with Crippen molar-refractivity contribution in [2.45, 2.75) is 26.4 Å². The van der Waals surface area contributed by atoms with Crippen molar-refractivity contribution in [2.75, 3.05) is 10.6 Å². The molecule has 0 spiro atoms. The van der Waals surface area contributed by atoms with Crippen LogP contribution < -0.4 is 10.6 Å². The number of hydrogen-bond donors (Lipinski definition) is 3. The molecule has 0 saturated carbocycles. The summed E-state index contributed by atoms with van der Waals surface area (Å²) in [6.07, 6.45) is 6.29. The quantitative estimate of drug-likeness (QED) is 0.363. The number of hydrogen-bond acceptors (Lipinski definition) is 7. The summed E-state index contributed by atoms with van der Waals surface area (Å²) in [6.45, 7) is 5.42. The molecule has 5 rings (SSSR count). The Balaban J connectivity index is 1.56. The molecule has 4 aromatic rings. The van der Waals surface area contributed by atoms with E-state index in [2.05, 4.69) is 30.6 Å². The van der Waals surface area contributed by atoms with Crippen LogP contribution >= 0.6 is 0 Å². The number of pyridine rings is 3. The van der Waals surface area contributed by atoms with Gasteiger partial charge in [0.05, 0.1) is 17.6 Å². The number of ether oxygens (including phenoxy) is 1. The van der Waals surface area contributed by atoms with Crippen LogP contribution in [-0.4, -0.2) is 36.6 Å². The normalized spacial score (nSPS) is 12.0. The number of amides is 1. The lowest BCUT2D eigenvalue weighted by molar-refractivity contribution is 0.0635. The first-order chi connectivity index (χ1) is 15.4. The average Bonchev–Trinajstić information content (AvgIpc) is 3.13. The minimum absolute atomic E-state index is 0.372. The summed E-state index contributed by atoms with van der Waals surface area (Å²) in [5.74, 6) is 1.72. The van der Waals surface area contributed by atoms with Gasteiger partial charge >= 0.3 is 6.09 Å². The molecule has 4 aromatic heterocycles.